The molecule has 1 atom stereocenters. The van der Waals surface area contributed by atoms with E-state index in [1.807, 2.05) is 19.9 Å². The minimum absolute atomic E-state index is 0.0617. The van der Waals surface area contributed by atoms with E-state index in [-0.39, 0.29) is 4.90 Å². The van der Waals surface area contributed by atoms with Gasteiger partial charge in [0.15, 0.2) is 5.82 Å². The molecule has 3 heterocycles. The van der Waals surface area contributed by atoms with Crippen molar-refractivity contribution >= 4 is 21.8 Å². The highest BCUT2D eigenvalue weighted by Crippen LogP contribution is 2.36. The fourth-order valence-electron chi connectivity index (χ4n) is 3.69. The fraction of sp³-hybridized carbons (Fsp3) is 0.333. The summed E-state index contributed by atoms with van der Waals surface area (Å²) in [6, 6.07) is 5.36. The topological polar surface area (TPSA) is 101 Å². The molecule has 0 saturated carbocycles. The zero-order valence-electron chi connectivity index (χ0n) is 17.5. The van der Waals surface area contributed by atoms with E-state index in [0.29, 0.717) is 42.4 Å². The number of hydrogen-bond acceptors (Lipinski definition) is 7. The maximum Gasteiger partial charge on any atom is 0.243 e. The molecule has 0 spiro atoms. The van der Waals surface area contributed by atoms with Gasteiger partial charge in [0.2, 0.25) is 16.0 Å². The molecule has 0 amide bonds. The quantitative estimate of drug-likeness (QED) is 0.644. The van der Waals surface area contributed by atoms with E-state index in [0.717, 1.165) is 17.5 Å². The Morgan fingerprint density at radius 3 is 2.52 bits per heavy atom. The van der Waals surface area contributed by atoms with Crippen LogP contribution in [0.4, 0.5) is 16.2 Å². The van der Waals surface area contributed by atoms with Crippen molar-refractivity contribution in [1.29, 1.82) is 0 Å². The predicted molar refractivity (Wildman–Crippen MR) is 114 cm³/mol. The molecule has 1 aromatic carbocycles. The average Bonchev–Trinajstić information content (AvgIpc) is 3.20. The van der Waals surface area contributed by atoms with E-state index in [1.165, 1.54) is 22.6 Å². The van der Waals surface area contributed by atoms with Crippen molar-refractivity contribution in [3.63, 3.8) is 0 Å². The number of halogens is 1. The number of anilines is 2. The molecule has 1 aliphatic rings. The minimum atomic E-state index is -3.88. The van der Waals surface area contributed by atoms with Gasteiger partial charge in [-0.25, -0.2) is 27.8 Å². The Hall–Kier alpha value is -2.98. The molecule has 1 N–H and O–H groups in total. The first-order valence-electron chi connectivity index (χ1n) is 9.93. The van der Waals surface area contributed by atoms with Crippen molar-refractivity contribution < 1.29 is 12.8 Å². The normalized spacial score (nSPS) is 17.1. The van der Waals surface area contributed by atoms with E-state index < -0.39 is 21.9 Å². The maximum atomic E-state index is 14.0. The number of rotatable bonds is 5. The zero-order valence-corrected chi connectivity index (χ0v) is 18.3. The molecule has 10 heteroatoms. The highest BCUT2D eigenvalue weighted by molar-refractivity contribution is 7.89. The smallest absolute Gasteiger partial charge is 0.243 e. The molecule has 0 radical (unpaired) electrons. The van der Waals surface area contributed by atoms with Crippen LogP contribution < -0.4 is 5.32 Å². The van der Waals surface area contributed by atoms with Crippen LogP contribution in [0.3, 0.4) is 0 Å². The summed E-state index contributed by atoms with van der Waals surface area (Å²) in [5.41, 5.74) is 2.55. The van der Waals surface area contributed by atoms with Gasteiger partial charge < -0.3 is 5.32 Å². The first kappa shape index (κ1) is 21.3. The molecule has 0 bridgehead atoms. The molecular weight excluding hydrogens is 419 g/mol. The Kier molecular flexibility index (Phi) is 5.67. The summed E-state index contributed by atoms with van der Waals surface area (Å²) in [5, 5.41) is 3.03. The molecule has 3 aromatic rings. The Labute approximate surface area is 180 Å². The zero-order chi connectivity index (χ0) is 22.2. The van der Waals surface area contributed by atoms with Gasteiger partial charge in [-0.15, -0.1) is 0 Å². The van der Waals surface area contributed by atoms with Gasteiger partial charge in [-0.1, -0.05) is 6.07 Å². The molecule has 31 heavy (non-hydrogen) atoms. The third-order valence-corrected chi connectivity index (χ3v) is 7.07. The van der Waals surface area contributed by atoms with Crippen LogP contribution in [0, 0.1) is 26.6 Å². The summed E-state index contributed by atoms with van der Waals surface area (Å²) in [4.78, 5) is 17.4. The monoisotopic (exact) mass is 442 g/mol. The van der Waals surface area contributed by atoms with Crippen molar-refractivity contribution in [2.24, 2.45) is 0 Å². The van der Waals surface area contributed by atoms with Gasteiger partial charge in [0.1, 0.15) is 5.82 Å². The average molecular weight is 443 g/mol. The van der Waals surface area contributed by atoms with Crippen LogP contribution >= 0.6 is 0 Å². The lowest BCUT2D eigenvalue weighted by Crippen LogP contribution is -2.31. The first-order chi connectivity index (χ1) is 14.7. The van der Waals surface area contributed by atoms with Crippen molar-refractivity contribution in [1.82, 2.24) is 24.2 Å². The summed E-state index contributed by atoms with van der Waals surface area (Å²) in [6.45, 7) is 5.67. The van der Waals surface area contributed by atoms with Gasteiger partial charge in [-0.05, 0) is 57.4 Å². The second-order valence-corrected chi connectivity index (χ2v) is 9.50. The van der Waals surface area contributed by atoms with Crippen molar-refractivity contribution in [3.05, 3.63) is 65.1 Å². The van der Waals surface area contributed by atoms with Crippen LogP contribution in [0.2, 0.25) is 0 Å². The summed E-state index contributed by atoms with van der Waals surface area (Å²) < 4.78 is 41.8. The SMILES string of the molecule is Cc1cc(C)nc(Nc2cncc(C3CCCN3S(=O)(=O)c3ccc(C)c(F)c3)n2)n1. The molecule has 0 aliphatic carbocycles. The van der Waals surface area contributed by atoms with Gasteiger partial charge >= 0.3 is 0 Å². The van der Waals surface area contributed by atoms with Crippen LogP contribution in [-0.2, 0) is 10.0 Å². The van der Waals surface area contributed by atoms with Crippen LogP contribution in [0.1, 0.15) is 41.5 Å². The van der Waals surface area contributed by atoms with E-state index in [1.54, 1.807) is 13.1 Å². The number of sulfonamides is 1. The Morgan fingerprint density at radius 1 is 1.06 bits per heavy atom. The predicted octanol–water partition coefficient (Wildman–Crippen LogP) is 3.60. The van der Waals surface area contributed by atoms with Gasteiger partial charge in [-0.3, -0.25) is 4.98 Å². The van der Waals surface area contributed by atoms with Gasteiger partial charge in [0.05, 0.1) is 29.0 Å². The lowest BCUT2D eigenvalue weighted by atomic mass is 10.2. The number of aromatic nitrogens is 4. The fourth-order valence-corrected chi connectivity index (χ4v) is 5.37. The highest BCUT2D eigenvalue weighted by atomic mass is 32.2. The lowest BCUT2D eigenvalue weighted by Gasteiger charge is -2.24. The van der Waals surface area contributed by atoms with Crippen LogP contribution in [0.25, 0.3) is 0 Å². The van der Waals surface area contributed by atoms with Gasteiger partial charge in [-0.2, -0.15) is 4.31 Å². The summed E-state index contributed by atoms with van der Waals surface area (Å²) in [6.07, 6.45) is 4.37. The van der Waals surface area contributed by atoms with E-state index in [4.69, 9.17) is 0 Å². The number of nitrogens with zero attached hydrogens (tertiary/aromatic N) is 5. The second kappa shape index (κ2) is 8.27. The largest absolute Gasteiger partial charge is 0.307 e. The Bertz CT molecular complexity index is 1210. The molecule has 162 valence electrons. The third-order valence-electron chi connectivity index (χ3n) is 5.17. The number of benzene rings is 1. The van der Waals surface area contributed by atoms with E-state index in [9.17, 15) is 12.8 Å². The number of nitrogens with one attached hydrogen (secondary N) is 1. The standard InChI is InChI=1S/C21H23FN6O2S/c1-13-6-7-16(10-17(13)22)31(29,30)28-8-4-5-19(28)18-11-23-12-20(26-18)27-21-24-14(2)9-15(3)25-21/h6-7,9-12,19H,4-5,8H2,1-3H3,(H,24,25,26,27). The molecule has 2 aromatic heterocycles. The Balaban J connectivity index is 1.63. The summed E-state index contributed by atoms with van der Waals surface area (Å²) in [7, 11) is -3.88. The van der Waals surface area contributed by atoms with Crippen molar-refractivity contribution in [3.8, 4) is 0 Å². The molecular formula is C21H23FN6O2S. The minimum Gasteiger partial charge on any atom is -0.307 e. The van der Waals surface area contributed by atoms with E-state index in [2.05, 4.69) is 25.3 Å². The lowest BCUT2D eigenvalue weighted by molar-refractivity contribution is 0.389. The molecule has 1 aliphatic heterocycles. The number of aryl methyl sites for hydroxylation is 3. The van der Waals surface area contributed by atoms with Crippen LogP contribution in [0.15, 0.2) is 41.6 Å². The molecule has 1 saturated heterocycles. The molecule has 4 rings (SSSR count). The molecule has 1 fully saturated rings. The third kappa shape index (κ3) is 4.40. The van der Waals surface area contributed by atoms with Crippen LogP contribution in [0.5, 0.6) is 0 Å². The highest BCUT2D eigenvalue weighted by Gasteiger charge is 2.37. The maximum absolute atomic E-state index is 14.0. The molecule has 8 nitrogen and oxygen atoms in total. The Morgan fingerprint density at radius 2 is 1.81 bits per heavy atom. The van der Waals surface area contributed by atoms with Gasteiger partial charge in [0, 0.05) is 17.9 Å². The molecule has 1 unspecified atom stereocenters. The first-order valence-corrected chi connectivity index (χ1v) is 11.4. The summed E-state index contributed by atoms with van der Waals surface area (Å²) in [5.74, 6) is 0.277. The van der Waals surface area contributed by atoms with Gasteiger partial charge in [0.25, 0.3) is 0 Å². The van der Waals surface area contributed by atoms with Crippen LogP contribution in [-0.4, -0.2) is 39.2 Å². The van der Waals surface area contributed by atoms with Crippen molar-refractivity contribution in [2.75, 3.05) is 11.9 Å². The number of hydrogen-bond donors (Lipinski definition) is 1. The summed E-state index contributed by atoms with van der Waals surface area (Å²) >= 11 is 0. The second-order valence-electron chi connectivity index (χ2n) is 7.61. The van der Waals surface area contributed by atoms with E-state index >= 15 is 0 Å². The van der Waals surface area contributed by atoms with Crippen molar-refractivity contribution in [2.45, 2.75) is 44.6 Å².